The SMILES string of the molecule is CC1(C)c2ccccc2-c2ccc(Nc3ccc(-c4ccccc4)cc3-c3cccc4c3sc3cccc(-c5ccccc5)c34)cc21. The molecule has 0 radical (unpaired) electrons. The molecule has 1 heterocycles. The third-order valence-electron chi connectivity index (χ3n) is 9.89. The van der Waals surface area contributed by atoms with Crippen LogP contribution < -0.4 is 5.32 Å². The van der Waals surface area contributed by atoms with Gasteiger partial charge in [0.25, 0.3) is 0 Å². The molecule has 0 saturated heterocycles. The van der Waals surface area contributed by atoms with E-state index in [1.54, 1.807) is 0 Å². The predicted octanol–water partition coefficient (Wildman–Crippen LogP) is 13.1. The molecule has 0 saturated carbocycles. The molecular weight excluding hydrogens is 587 g/mol. The first-order valence-corrected chi connectivity index (χ1v) is 17.1. The number of fused-ring (bicyclic) bond motifs is 6. The molecule has 0 unspecified atom stereocenters. The van der Waals surface area contributed by atoms with Gasteiger partial charge in [-0.3, -0.25) is 0 Å². The summed E-state index contributed by atoms with van der Waals surface area (Å²) in [6.07, 6.45) is 0. The van der Waals surface area contributed by atoms with Crippen molar-refractivity contribution < 1.29 is 0 Å². The van der Waals surface area contributed by atoms with Crippen LogP contribution in [0.15, 0.2) is 158 Å². The first-order valence-electron chi connectivity index (χ1n) is 16.3. The highest BCUT2D eigenvalue weighted by Gasteiger charge is 2.35. The Balaban J connectivity index is 1.22. The zero-order chi connectivity index (χ0) is 31.5. The van der Waals surface area contributed by atoms with Gasteiger partial charge in [0.1, 0.15) is 0 Å². The van der Waals surface area contributed by atoms with Crippen LogP contribution in [0, 0.1) is 0 Å². The van der Waals surface area contributed by atoms with Gasteiger partial charge in [0.2, 0.25) is 0 Å². The fourth-order valence-corrected chi connectivity index (χ4v) is 8.80. The van der Waals surface area contributed by atoms with Crippen LogP contribution in [0.25, 0.3) is 64.7 Å². The molecule has 0 spiro atoms. The second-order valence-electron chi connectivity index (χ2n) is 13.0. The van der Waals surface area contributed by atoms with Gasteiger partial charge in [0.05, 0.1) is 0 Å². The van der Waals surface area contributed by atoms with E-state index in [0.29, 0.717) is 0 Å². The van der Waals surface area contributed by atoms with Crippen molar-refractivity contribution in [3.05, 3.63) is 169 Å². The second-order valence-corrected chi connectivity index (χ2v) is 14.1. The standard InChI is InChI=1S/C45H33NS/c1-45(2)39-21-10-9-17-34(39)35-25-24-32(28-40(35)45)46-41-26-23-31(29-13-5-3-6-14-29)27-38(41)36-19-11-20-37-43-33(30-15-7-4-8-16-30)18-12-22-42(43)47-44(36)37/h3-28,46H,1-2H3. The van der Waals surface area contributed by atoms with Gasteiger partial charge in [-0.05, 0) is 74.8 Å². The molecule has 1 N–H and O–H groups in total. The van der Waals surface area contributed by atoms with Crippen molar-refractivity contribution in [2.75, 3.05) is 5.32 Å². The summed E-state index contributed by atoms with van der Waals surface area (Å²) in [6.45, 7) is 4.68. The van der Waals surface area contributed by atoms with Gasteiger partial charge < -0.3 is 5.32 Å². The number of benzene rings is 7. The maximum Gasteiger partial charge on any atom is 0.0464 e. The number of nitrogens with one attached hydrogen (secondary N) is 1. The second kappa shape index (κ2) is 10.8. The molecule has 7 aromatic carbocycles. The summed E-state index contributed by atoms with van der Waals surface area (Å²) in [4.78, 5) is 0. The van der Waals surface area contributed by atoms with E-state index in [-0.39, 0.29) is 5.41 Å². The van der Waals surface area contributed by atoms with Crippen LogP contribution in [0.3, 0.4) is 0 Å². The third-order valence-corrected chi connectivity index (χ3v) is 11.1. The Bertz CT molecular complexity index is 2450. The highest BCUT2D eigenvalue weighted by molar-refractivity contribution is 7.26. The molecule has 1 aromatic heterocycles. The van der Waals surface area contributed by atoms with Crippen molar-refractivity contribution in [3.63, 3.8) is 0 Å². The van der Waals surface area contributed by atoms with Gasteiger partial charge in [-0.15, -0.1) is 11.3 Å². The molecule has 2 heteroatoms. The van der Waals surface area contributed by atoms with E-state index in [1.165, 1.54) is 75.8 Å². The quantitative estimate of drug-likeness (QED) is 0.202. The first-order chi connectivity index (χ1) is 23.1. The van der Waals surface area contributed by atoms with E-state index < -0.39 is 0 Å². The minimum atomic E-state index is -0.0528. The molecule has 8 aromatic rings. The van der Waals surface area contributed by atoms with Crippen molar-refractivity contribution >= 4 is 42.9 Å². The number of hydrogen-bond donors (Lipinski definition) is 1. The predicted molar refractivity (Wildman–Crippen MR) is 203 cm³/mol. The van der Waals surface area contributed by atoms with Gasteiger partial charge in [-0.1, -0.05) is 141 Å². The van der Waals surface area contributed by atoms with Crippen molar-refractivity contribution in [1.29, 1.82) is 0 Å². The van der Waals surface area contributed by atoms with Gasteiger partial charge in [-0.2, -0.15) is 0 Å². The Morgan fingerprint density at radius 2 is 1.15 bits per heavy atom. The van der Waals surface area contributed by atoms with Crippen LogP contribution in [0.5, 0.6) is 0 Å². The molecule has 224 valence electrons. The maximum absolute atomic E-state index is 3.88. The van der Waals surface area contributed by atoms with Crippen molar-refractivity contribution in [1.82, 2.24) is 0 Å². The Morgan fingerprint density at radius 1 is 0.468 bits per heavy atom. The summed E-state index contributed by atoms with van der Waals surface area (Å²) in [5.41, 5.74) is 15.0. The van der Waals surface area contributed by atoms with E-state index in [9.17, 15) is 0 Å². The van der Waals surface area contributed by atoms with Crippen molar-refractivity contribution in [2.45, 2.75) is 19.3 Å². The third kappa shape index (κ3) is 4.52. The van der Waals surface area contributed by atoms with E-state index in [1.807, 2.05) is 11.3 Å². The lowest BCUT2D eigenvalue weighted by molar-refractivity contribution is 0.660. The largest absolute Gasteiger partial charge is 0.355 e. The molecule has 9 rings (SSSR count). The fourth-order valence-electron chi connectivity index (χ4n) is 7.54. The summed E-state index contributed by atoms with van der Waals surface area (Å²) >= 11 is 1.89. The van der Waals surface area contributed by atoms with E-state index in [4.69, 9.17) is 0 Å². The highest BCUT2D eigenvalue weighted by Crippen LogP contribution is 2.50. The van der Waals surface area contributed by atoms with Crippen LogP contribution in [-0.4, -0.2) is 0 Å². The smallest absolute Gasteiger partial charge is 0.0464 e. The summed E-state index contributed by atoms with van der Waals surface area (Å²) in [5, 5.41) is 6.51. The number of hydrogen-bond acceptors (Lipinski definition) is 2. The van der Waals surface area contributed by atoms with E-state index >= 15 is 0 Å². The lowest BCUT2D eigenvalue weighted by Gasteiger charge is -2.22. The Morgan fingerprint density at radius 3 is 1.98 bits per heavy atom. The highest BCUT2D eigenvalue weighted by atomic mass is 32.1. The van der Waals surface area contributed by atoms with Gasteiger partial charge in [-0.25, -0.2) is 0 Å². The van der Waals surface area contributed by atoms with Crippen molar-refractivity contribution in [2.24, 2.45) is 0 Å². The Hall–Kier alpha value is -5.44. The number of rotatable bonds is 5. The minimum absolute atomic E-state index is 0.0528. The average molecular weight is 620 g/mol. The topological polar surface area (TPSA) is 12.0 Å². The lowest BCUT2D eigenvalue weighted by Crippen LogP contribution is -2.15. The van der Waals surface area contributed by atoms with Gasteiger partial charge in [0.15, 0.2) is 0 Å². The summed E-state index contributed by atoms with van der Waals surface area (Å²) in [7, 11) is 0. The molecule has 0 atom stereocenters. The molecule has 1 aliphatic carbocycles. The zero-order valence-electron chi connectivity index (χ0n) is 26.4. The normalized spacial score (nSPS) is 13.1. The average Bonchev–Trinajstić information content (AvgIpc) is 3.62. The molecule has 1 nitrogen and oxygen atoms in total. The summed E-state index contributed by atoms with van der Waals surface area (Å²) in [6, 6.07) is 57.5. The molecule has 47 heavy (non-hydrogen) atoms. The first kappa shape index (κ1) is 27.8. The molecule has 0 bridgehead atoms. The Kier molecular flexibility index (Phi) is 6.41. The Labute approximate surface area is 279 Å². The fraction of sp³-hybridized carbons (Fsp3) is 0.0667. The molecule has 1 aliphatic rings. The van der Waals surface area contributed by atoms with Gasteiger partial charge >= 0.3 is 0 Å². The number of anilines is 2. The molecular formula is C45H33NS. The number of thiophene rings is 1. The van der Waals surface area contributed by atoms with Crippen molar-refractivity contribution in [3.8, 4) is 44.5 Å². The molecule has 0 aliphatic heterocycles. The summed E-state index contributed by atoms with van der Waals surface area (Å²) < 4.78 is 2.62. The van der Waals surface area contributed by atoms with E-state index in [0.717, 1.165) is 11.4 Å². The van der Waals surface area contributed by atoms with E-state index in [2.05, 4.69) is 177 Å². The maximum atomic E-state index is 3.88. The molecule has 0 amide bonds. The minimum Gasteiger partial charge on any atom is -0.355 e. The molecule has 0 fully saturated rings. The zero-order valence-corrected chi connectivity index (χ0v) is 27.2. The van der Waals surface area contributed by atoms with Gasteiger partial charge in [0, 0.05) is 48.1 Å². The summed E-state index contributed by atoms with van der Waals surface area (Å²) in [5.74, 6) is 0. The van der Waals surface area contributed by atoms with Crippen LogP contribution in [0.4, 0.5) is 11.4 Å². The van der Waals surface area contributed by atoms with Crippen LogP contribution in [0.1, 0.15) is 25.0 Å². The van der Waals surface area contributed by atoms with Crippen LogP contribution in [0.2, 0.25) is 0 Å². The van der Waals surface area contributed by atoms with Crippen LogP contribution >= 0.6 is 11.3 Å². The van der Waals surface area contributed by atoms with Crippen LogP contribution in [-0.2, 0) is 5.41 Å². The monoisotopic (exact) mass is 619 g/mol. The lowest BCUT2D eigenvalue weighted by atomic mass is 9.82.